The molecule has 0 spiro atoms. The first-order chi connectivity index (χ1) is 9.08. The zero-order valence-electron chi connectivity index (χ0n) is 11.3. The lowest BCUT2D eigenvalue weighted by Crippen LogP contribution is -2.44. The Morgan fingerprint density at radius 2 is 1.84 bits per heavy atom. The average Bonchev–Trinajstić information content (AvgIpc) is 3.15. The van der Waals surface area contributed by atoms with Crippen molar-refractivity contribution in [3.05, 3.63) is 0 Å². The number of hydrogen-bond donors (Lipinski definition) is 3. The van der Waals surface area contributed by atoms with Crippen LogP contribution in [0.25, 0.3) is 0 Å². The van der Waals surface area contributed by atoms with Crippen LogP contribution in [0.3, 0.4) is 0 Å². The molecule has 0 heterocycles. The summed E-state index contributed by atoms with van der Waals surface area (Å²) in [6.45, 7) is 0. The minimum absolute atomic E-state index is 0.0611. The van der Waals surface area contributed by atoms with E-state index in [1.54, 1.807) is 0 Å². The molecular formula is C14H24N2O3. The molecule has 0 saturated heterocycles. The highest BCUT2D eigenvalue weighted by Crippen LogP contribution is 2.32. The van der Waals surface area contributed by atoms with Gasteiger partial charge in [0.25, 0.3) is 0 Å². The fourth-order valence-electron chi connectivity index (χ4n) is 2.95. The molecule has 2 rings (SSSR count). The fraction of sp³-hybridized carbons (Fsp3) is 0.857. The Balaban J connectivity index is 1.86. The summed E-state index contributed by atoms with van der Waals surface area (Å²) in [6.07, 6.45) is 6.97. The summed E-state index contributed by atoms with van der Waals surface area (Å²) in [4.78, 5) is 23.2. The number of hydrogen-bond acceptors (Lipinski definition) is 3. The maximum absolute atomic E-state index is 12.0. The van der Waals surface area contributed by atoms with Crippen molar-refractivity contribution in [1.29, 1.82) is 0 Å². The molecule has 108 valence electrons. The zero-order chi connectivity index (χ0) is 13.8. The first-order valence-electron chi connectivity index (χ1n) is 7.35. The van der Waals surface area contributed by atoms with Crippen molar-refractivity contribution < 1.29 is 14.7 Å². The highest BCUT2D eigenvalue weighted by atomic mass is 16.4. The largest absolute Gasteiger partial charge is 0.481 e. The molecule has 5 nitrogen and oxygen atoms in total. The van der Waals surface area contributed by atoms with Crippen LogP contribution >= 0.6 is 0 Å². The van der Waals surface area contributed by atoms with Crippen molar-refractivity contribution in [3.63, 3.8) is 0 Å². The van der Waals surface area contributed by atoms with Crippen molar-refractivity contribution in [1.82, 2.24) is 5.32 Å². The van der Waals surface area contributed by atoms with E-state index in [4.69, 9.17) is 5.73 Å². The van der Waals surface area contributed by atoms with Crippen molar-refractivity contribution in [2.45, 2.75) is 63.5 Å². The first-order valence-corrected chi connectivity index (χ1v) is 7.35. The second-order valence-corrected chi connectivity index (χ2v) is 5.96. The standard InChI is InChI=1S/C14H24N2O3/c15-11(9-6-7-9)8-13(17)16-12-5-3-1-2-4-10(12)14(18)19/h9-12H,1-8,15H2,(H,16,17)(H,18,19). The van der Waals surface area contributed by atoms with E-state index < -0.39 is 11.9 Å². The molecular weight excluding hydrogens is 244 g/mol. The number of nitrogens with two attached hydrogens (primary N) is 1. The zero-order valence-corrected chi connectivity index (χ0v) is 11.3. The molecule has 5 heteroatoms. The van der Waals surface area contributed by atoms with Crippen molar-refractivity contribution in [3.8, 4) is 0 Å². The summed E-state index contributed by atoms with van der Waals surface area (Å²) in [5.41, 5.74) is 5.93. The number of aliphatic carboxylic acids is 1. The van der Waals surface area contributed by atoms with Gasteiger partial charge in [0, 0.05) is 18.5 Å². The maximum atomic E-state index is 12.0. The third-order valence-corrected chi connectivity index (χ3v) is 4.33. The Kier molecular flexibility index (Phi) is 4.80. The van der Waals surface area contributed by atoms with Gasteiger partial charge in [0.2, 0.25) is 5.91 Å². The summed E-state index contributed by atoms with van der Waals surface area (Å²) in [5, 5.41) is 12.2. The monoisotopic (exact) mass is 268 g/mol. The van der Waals surface area contributed by atoms with Gasteiger partial charge in [-0.05, 0) is 31.6 Å². The third-order valence-electron chi connectivity index (χ3n) is 4.33. The molecule has 4 N–H and O–H groups in total. The van der Waals surface area contributed by atoms with Crippen LogP contribution in [0.15, 0.2) is 0 Å². The number of nitrogens with one attached hydrogen (secondary N) is 1. The lowest BCUT2D eigenvalue weighted by atomic mass is 9.94. The lowest BCUT2D eigenvalue weighted by Gasteiger charge is -2.23. The number of carbonyl (C=O) groups is 2. The van der Waals surface area contributed by atoms with Crippen LogP contribution in [0, 0.1) is 11.8 Å². The van der Waals surface area contributed by atoms with Crippen LogP contribution in [0.4, 0.5) is 0 Å². The molecule has 0 radical (unpaired) electrons. The van der Waals surface area contributed by atoms with Gasteiger partial charge in [-0.2, -0.15) is 0 Å². The van der Waals surface area contributed by atoms with Gasteiger partial charge in [0.05, 0.1) is 5.92 Å². The molecule has 19 heavy (non-hydrogen) atoms. The van der Waals surface area contributed by atoms with Gasteiger partial charge >= 0.3 is 5.97 Å². The van der Waals surface area contributed by atoms with Crippen molar-refractivity contribution in [2.24, 2.45) is 17.6 Å². The van der Waals surface area contributed by atoms with Crippen LogP contribution < -0.4 is 11.1 Å². The summed E-state index contributed by atoms with van der Waals surface area (Å²) >= 11 is 0. The van der Waals surface area contributed by atoms with Crippen molar-refractivity contribution in [2.75, 3.05) is 0 Å². The summed E-state index contributed by atoms with van der Waals surface area (Å²) in [6, 6.07) is -0.284. The van der Waals surface area contributed by atoms with Gasteiger partial charge < -0.3 is 16.2 Å². The molecule has 2 fully saturated rings. The molecule has 0 aromatic heterocycles. The Labute approximate surface area is 113 Å². The second kappa shape index (κ2) is 6.37. The molecule has 0 aromatic rings. The van der Waals surface area contributed by atoms with E-state index >= 15 is 0 Å². The SMILES string of the molecule is NC(CC(=O)NC1CCCCCC1C(=O)O)C1CC1. The van der Waals surface area contributed by atoms with Gasteiger partial charge in [-0.25, -0.2) is 0 Å². The van der Waals surface area contributed by atoms with Crippen LogP contribution in [0.2, 0.25) is 0 Å². The molecule has 3 unspecified atom stereocenters. The number of carboxylic acids is 1. The number of rotatable bonds is 5. The minimum atomic E-state index is -0.793. The first kappa shape index (κ1) is 14.3. The van der Waals surface area contributed by atoms with E-state index in [-0.39, 0.29) is 18.0 Å². The predicted molar refractivity (Wildman–Crippen MR) is 71.5 cm³/mol. The Morgan fingerprint density at radius 3 is 2.47 bits per heavy atom. The molecule has 3 atom stereocenters. The second-order valence-electron chi connectivity index (χ2n) is 5.96. The molecule has 0 bridgehead atoms. The van der Waals surface area contributed by atoms with E-state index in [9.17, 15) is 14.7 Å². The fourth-order valence-corrected chi connectivity index (χ4v) is 2.95. The van der Waals surface area contributed by atoms with Crippen LogP contribution in [0.1, 0.15) is 51.4 Å². The third kappa shape index (κ3) is 4.20. The average molecular weight is 268 g/mol. The highest BCUT2D eigenvalue weighted by molar-refractivity contribution is 5.78. The predicted octanol–water partition coefficient (Wildman–Crippen LogP) is 1.26. The van der Waals surface area contributed by atoms with Gasteiger partial charge in [-0.3, -0.25) is 9.59 Å². The van der Waals surface area contributed by atoms with E-state index in [0.717, 1.165) is 38.5 Å². The minimum Gasteiger partial charge on any atom is -0.481 e. The highest BCUT2D eigenvalue weighted by Gasteiger charge is 2.33. The molecule has 1 amide bonds. The Morgan fingerprint density at radius 1 is 1.16 bits per heavy atom. The van der Waals surface area contributed by atoms with Crippen LogP contribution in [-0.4, -0.2) is 29.1 Å². The van der Waals surface area contributed by atoms with Gasteiger partial charge in [0.1, 0.15) is 0 Å². The van der Waals surface area contributed by atoms with E-state index in [1.807, 2.05) is 0 Å². The van der Waals surface area contributed by atoms with Crippen LogP contribution in [0.5, 0.6) is 0 Å². The molecule has 2 aliphatic rings. The van der Waals surface area contributed by atoms with Crippen LogP contribution in [-0.2, 0) is 9.59 Å². The van der Waals surface area contributed by atoms with Gasteiger partial charge in [-0.1, -0.05) is 19.3 Å². The quantitative estimate of drug-likeness (QED) is 0.655. The van der Waals surface area contributed by atoms with Crippen molar-refractivity contribution >= 4 is 11.9 Å². The molecule has 0 aromatic carbocycles. The smallest absolute Gasteiger partial charge is 0.308 e. The summed E-state index contributed by atoms with van der Waals surface area (Å²) < 4.78 is 0. The van der Waals surface area contributed by atoms with E-state index in [1.165, 1.54) is 0 Å². The molecule has 0 aliphatic heterocycles. The normalized spacial score (nSPS) is 29.3. The summed E-state index contributed by atoms with van der Waals surface area (Å²) in [5.74, 6) is -0.824. The molecule has 2 aliphatic carbocycles. The topological polar surface area (TPSA) is 92.4 Å². The van der Waals surface area contributed by atoms with E-state index in [2.05, 4.69) is 5.32 Å². The van der Waals surface area contributed by atoms with Gasteiger partial charge in [-0.15, -0.1) is 0 Å². The molecule has 2 saturated carbocycles. The number of carboxylic acid groups (broad SMARTS) is 1. The lowest BCUT2D eigenvalue weighted by molar-refractivity contribution is -0.143. The summed E-state index contributed by atoms with van der Waals surface area (Å²) in [7, 11) is 0. The Bertz CT molecular complexity index is 342. The number of amides is 1. The van der Waals surface area contributed by atoms with Gasteiger partial charge in [0.15, 0.2) is 0 Å². The number of carbonyl (C=O) groups excluding carboxylic acids is 1. The Hall–Kier alpha value is -1.10. The maximum Gasteiger partial charge on any atom is 0.308 e. The van der Waals surface area contributed by atoms with E-state index in [0.29, 0.717) is 18.8 Å².